The van der Waals surface area contributed by atoms with E-state index >= 15 is 0 Å². The van der Waals surface area contributed by atoms with Crippen molar-refractivity contribution in [2.45, 2.75) is 31.2 Å². The molecule has 0 aliphatic rings. The van der Waals surface area contributed by atoms with Crippen LogP contribution in [0.3, 0.4) is 0 Å². The minimum Gasteiger partial charge on any atom is -0.494 e. The molecule has 0 aliphatic carbocycles. The summed E-state index contributed by atoms with van der Waals surface area (Å²) in [6, 6.07) is 15.5. The fourth-order valence-electron chi connectivity index (χ4n) is 2.06. The molecule has 122 valence electrons. The highest BCUT2D eigenvalue weighted by Gasteiger charge is 2.05. The molecule has 0 saturated heterocycles. The van der Waals surface area contributed by atoms with Crippen molar-refractivity contribution in [3.8, 4) is 5.75 Å². The molecule has 4 heteroatoms. The molecule has 2 aromatic carbocycles. The third kappa shape index (κ3) is 5.64. The zero-order valence-corrected chi connectivity index (χ0v) is 14.5. The van der Waals surface area contributed by atoms with Crippen molar-refractivity contribution in [3.63, 3.8) is 0 Å². The Hall–Kier alpha value is -1.94. The first kappa shape index (κ1) is 17.4. The Labute approximate surface area is 142 Å². The molecule has 2 rings (SSSR count). The Balaban J connectivity index is 1.84. The van der Waals surface area contributed by atoms with E-state index in [0.29, 0.717) is 18.7 Å². The Morgan fingerprint density at radius 3 is 2.39 bits per heavy atom. The summed E-state index contributed by atoms with van der Waals surface area (Å²) >= 11 is 1.71. The largest absolute Gasteiger partial charge is 0.494 e. The predicted molar refractivity (Wildman–Crippen MR) is 96.2 cm³/mol. The molecule has 0 saturated carbocycles. The van der Waals surface area contributed by atoms with E-state index in [9.17, 15) is 4.79 Å². The van der Waals surface area contributed by atoms with Crippen molar-refractivity contribution in [2.24, 2.45) is 0 Å². The van der Waals surface area contributed by atoms with Crippen LogP contribution in [0, 0.1) is 0 Å². The Kier molecular flexibility index (Phi) is 7.01. The third-order valence-corrected chi connectivity index (χ3v) is 4.24. The summed E-state index contributed by atoms with van der Waals surface area (Å²) in [4.78, 5) is 13.4. The lowest BCUT2D eigenvalue weighted by molar-refractivity contribution is 0.0951. The molecule has 0 atom stereocenters. The van der Waals surface area contributed by atoms with E-state index in [4.69, 9.17) is 4.74 Å². The summed E-state index contributed by atoms with van der Waals surface area (Å²) in [5, 5.41) is 2.94. The number of hydrogen-bond donors (Lipinski definition) is 1. The van der Waals surface area contributed by atoms with E-state index in [1.165, 1.54) is 4.90 Å². The molecule has 23 heavy (non-hydrogen) atoms. The number of rotatable bonds is 8. The number of amides is 1. The van der Waals surface area contributed by atoms with Gasteiger partial charge < -0.3 is 10.1 Å². The maximum absolute atomic E-state index is 12.2. The van der Waals surface area contributed by atoms with Crippen LogP contribution in [0.2, 0.25) is 0 Å². The van der Waals surface area contributed by atoms with Crippen molar-refractivity contribution in [1.82, 2.24) is 5.32 Å². The molecule has 0 fully saturated rings. The number of benzene rings is 2. The lowest BCUT2D eigenvalue weighted by Gasteiger charge is -2.08. The van der Waals surface area contributed by atoms with E-state index in [2.05, 4.69) is 24.4 Å². The number of carbonyl (C=O) groups is 1. The van der Waals surface area contributed by atoms with Gasteiger partial charge in [-0.05, 0) is 54.6 Å². The zero-order valence-electron chi connectivity index (χ0n) is 13.7. The monoisotopic (exact) mass is 329 g/mol. The number of hydrogen-bond acceptors (Lipinski definition) is 3. The summed E-state index contributed by atoms with van der Waals surface area (Å²) in [5.74, 6) is 0.738. The van der Waals surface area contributed by atoms with E-state index in [-0.39, 0.29) is 5.91 Å². The molecule has 0 bridgehead atoms. The van der Waals surface area contributed by atoms with Gasteiger partial charge in [-0.15, -0.1) is 11.8 Å². The predicted octanol–water partition coefficient (Wildman–Crippen LogP) is 4.52. The molecule has 1 amide bonds. The van der Waals surface area contributed by atoms with Crippen molar-refractivity contribution in [2.75, 3.05) is 12.9 Å². The molecule has 1 N–H and O–H groups in total. The van der Waals surface area contributed by atoms with Crippen LogP contribution in [0.15, 0.2) is 53.4 Å². The van der Waals surface area contributed by atoms with Crippen LogP contribution in [-0.2, 0) is 6.54 Å². The Morgan fingerprint density at radius 1 is 1.09 bits per heavy atom. The van der Waals surface area contributed by atoms with E-state index in [0.717, 1.165) is 24.2 Å². The smallest absolute Gasteiger partial charge is 0.251 e. The van der Waals surface area contributed by atoms with Crippen LogP contribution in [0.1, 0.15) is 35.7 Å². The highest BCUT2D eigenvalue weighted by molar-refractivity contribution is 7.98. The van der Waals surface area contributed by atoms with Gasteiger partial charge in [0.05, 0.1) is 6.61 Å². The summed E-state index contributed by atoms with van der Waals surface area (Å²) in [6.07, 6.45) is 4.20. The topological polar surface area (TPSA) is 38.3 Å². The van der Waals surface area contributed by atoms with Crippen LogP contribution in [-0.4, -0.2) is 18.8 Å². The molecular formula is C19H23NO2S. The first-order chi connectivity index (χ1) is 11.2. The van der Waals surface area contributed by atoms with Gasteiger partial charge in [0.2, 0.25) is 0 Å². The maximum Gasteiger partial charge on any atom is 0.251 e. The maximum atomic E-state index is 12.2. The molecule has 0 unspecified atom stereocenters. The summed E-state index contributed by atoms with van der Waals surface area (Å²) in [7, 11) is 0. The summed E-state index contributed by atoms with van der Waals surface area (Å²) in [6.45, 7) is 3.38. The number of ether oxygens (including phenoxy) is 1. The number of thioether (sulfide) groups is 1. The summed E-state index contributed by atoms with van der Waals surface area (Å²) < 4.78 is 5.60. The average Bonchev–Trinajstić information content (AvgIpc) is 2.61. The van der Waals surface area contributed by atoms with Crippen LogP contribution >= 0.6 is 11.8 Å². The van der Waals surface area contributed by atoms with E-state index in [1.54, 1.807) is 23.9 Å². The minimum atomic E-state index is -0.0703. The fraction of sp³-hybridized carbons (Fsp3) is 0.316. The SMILES string of the molecule is CCCCOc1ccc(C(=O)NCc2ccc(SC)cc2)cc1. The van der Waals surface area contributed by atoms with Crippen LogP contribution < -0.4 is 10.1 Å². The van der Waals surface area contributed by atoms with Gasteiger partial charge in [-0.25, -0.2) is 0 Å². The van der Waals surface area contributed by atoms with Crippen molar-refractivity contribution < 1.29 is 9.53 Å². The van der Waals surface area contributed by atoms with Gasteiger partial charge >= 0.3 is 0 Å². The number of unbranched alkanes of at least 4 members (excludes halogenated alkanes) is 1. The molecule has 3 nitrogen and oxygen atoms in total. The second-order valence-corrected chi connectivity index (χ2v) is 6.14. The van der Waals surface area contributed by atoms with Gasteiger partial charge in [-0.3, -0.25) is 4.79 Å². The third-order valence-electron chi connectivity index (χ3n) is 3.50. The first-order valence-electron chi connectivity index (χ1n) is 7.87. The fourth-order valence-corrected chi connectivity index (χ4v) is 2.47. The average molecular weight is 329 g/mol. The van der Waals surface area contributed by atoms with E-state index < -0.39 is 0 Å². The van der Waals surface area contributed by atoms with Crippen LogP contribution in [0.4, 0.5) is 0 Å². The van der Waals surface area contributed by atoms with Crippen LogP contribution in [0.5, 0.6) is 5.75 Å². The normalized spacial score (nSPS) is 10.3. The van der Waals surface area contributed by atoms with Gasteiger partial charge in [-0.1, -0.05) is 25.5 Å². The highest BCUT2D eigenvalue weighted by Crippen LogP contribution is 2.15. The molecule has 0 aromatic heterocycles. The van der Waals surface area contributed by atoms with Gasteiger partial charge in [0.25, 0.3) is 5.91 Å². The highest BCUT2D eigenvalue weighted by atomic mass is 32.2. The van der Waals surface area contributed by atoms with Crippen molar-refractivity contribution in [3.05, 3.63) is 59.7 Å². The molecule has 0 spiro atoms. The second kappa shape index (κ2) is 9.26. The summed E-state index contributed by atoms with van der Waals surface area (Å²) in [5.41, 5.74) is 1.74. The van der Waals surface area contributed by atoms with Gasteiger partial charge in [0.1, 0.15) is 5.75 Å². The standard InChI is InChI=1S/C19H23NO2S/c1-3-4-13-22-17-9-7-16(8-10-17)19(21)20-14-15-5-11-18(23-2)12-6-15/h5-12H,3-4,13-14H2,1-2H3,(H,20,21). The lowest BCUT2D eigenvalue weighted by atomic mass is 10.2. The number of carbonyl (C=O) groups excluding carboxylic acids is 1. The van der Waals surface area contributed by atoms with Gasteiger partial charge in [0.15, 0.2) is 0 Å². The molecule has 0 radical (unpaired) electrons. The number of nitrogens with one attached hydrogen (secondary N) is 1. The van der Waals surface area contributed by atoms with Crippen molar-refractivity contribution in [1.29, 1.82) is 0 Å². The lowest BCUT2D eigenvalue weighted by Crippen LogP contribution is -2.22. The second-order valence-electron chi connectivity index (χ2n) is 5.26. The van der Waals surface area contributed by atoms with Gasteiger partial charge in [0, 0.05) is 17.0 Å². The van der Waals surface area contributed by atoms with E-state index in [1.807, 2.05) is 30.5 Å². The molecule has 0 aliphatic heterocycles. The Morgan fingerprint density at radius 2 is 1.78 bits per heavy atom. The first-order valence-corrected chi connectivity index (χ1v) is 9.09. The van der Waals surface area contributed by atoms with Gasteiger partial charge in [-0.2, -0.15) is 0 Å². The molecular weight excluding hydrogens is 306 g/mol. The molecule has 0 heterocycles. The minimum absolute atomic E-state index is 0.0703. The van der Waals surface area contributed by atoms with Crippen molar-refractivity contribution >= 4 is 17.7 Å². The quantitative estimate of drug-likeness (QED) is 0.572. The zero-order chi connectivity index (χ0) is 16.5. The molecule has 2 aromatic rings. The van der Waals surface area contributed by atoms with Crippen LogP contribution in [0.25, 0.3) is 0 Å². The Bertz CT molecular complexity index is 608.